The minimum atomic E-state index is -0.519. The fourth-order valence-corrected chi connectivity index (χ4v) is 2.56. The lowest BCUT2D eigenvalue weighted by Crippen LogP contribution is -2.29. The zero-order valence-electron chi connectivity index (χ0n) is 15.1. The van der Waals surface area contributed by atoms with E-state index in [4.69, 9.17) is 4.74 Å². The van der Waals surface area contributed by atoms with Crippen molar-refractivity contribution in [2.45, 2.75) is 59.0 Å². The van der Waals surface area contributed by atoms with Crippen molar-refractivity contribution in [3.63, 3.8) is 0 Å². The van der Waals surface area contributed by atoms with E-state index in [1.165, 1.54) is 18.4 Å². The van der Waals surface area contributed by atoms with Crippen LogP contribution in [-0.2, 0) is 5.41 Å². The van der Waals surface area contributed by atoms with Crippen molar-refractivity contribution < 1.29 is 9.84 Å². The van der Waals surface area contributed by atoms with E-state index >= 15 is 0 Å². The third-order valence-electron chi connectivity index (χ3n) is 4.16. The minimum Gasteiger partial charge on any atom is -0.496 e. The number of rotatable bonds is 8. The molecule has 0 saturated heterocycles. The third kappa shape index (κ3) is 5.29. The Morgan fingerprint density at radius 2 is 1.91 bits per heavy atom. The number of aliphatic hydroxyl groups excluding tert-OH is 1. The molecule has 0 aliphatic carbocycles. The molecule has 0 aromatic heterocycles. The maximum absolute atomic E-state index is 10.7. The van der Waals surface area contributed by atoms with E-state index in [-0.39, 0.29) is 5.41 Å². The first-order valence-corrected chi connectivity index (χ1v) is 8.42. The molecule has 126 valence electrons. The molecular formula is C19H33NO2. The van der Waals surface area contributed by atoms with Crippen LogP contribution in [-0.4, -0.2) is 36.8 Å². The summed E-state index contributed by atoms with van der Waals surface area (Å²) in [6.07, 6.45) is 1.82. The maximum atomic E-state index is 10.7. The van der Waals surface area contributed by atoms with Crippen LogP contribution in [0, 0.1) is 0 Å². The lowest BCUT2D eigenvalue weighted by atomic mass is 9.85. The predicted molar refractivity (Wildman–Crippen MR) is 93.7 cm³/mol. The van der Waals surface area contributed by atoms with Gasteiger partial charge in [-0.1, -0.05) is 47.1 Å². The molecule has 0 bridgehead atoms. The number of unbranched alkanes of at least 4 members (excludes halogenated alkanes) is 1. The normalized spacial score (nSPS) is 13.5. The van der Waals surface area contributed by atoms with Crippen LogP contribution in [0.3, 0.4) is 0 Å². The summed E-state index contributed by atoms with van der Waals surface area (Å²) in [7, 11) is 1.66. The lowest BCUT2D eigenvalue weighted by molar-refractivity contribution is 0.112. The number of nitrogens with zero attached hydrogens (tertiary/aromatic N) is 1. The Kier molecular flexibility index (Phi) is 7.37. The largest absolute Gasteiger partial charge is 0.496 e. The molecule has 0 spiro atoms. The molecule has 0 fully saturated rings. The average Bonchev–Trinajstić information content (AvgIpc) is 2.49. The summed E-state index contributed by atoms with van der Waals surface area (Å²) in [6.45, 7) is 13.5. The van der Waals surface area contributed by atoms with Crippen LogP contribution in [0.25, 0.3) is 0 Å². The molecule has 0 amide bonds. The molecule has 3 nitrogen and oxygen atoms in total. The number of benzene rings is 1. The second-order valence-electron chi connectivity index (χ2n) is 6.97. The molecular weight excluding hydrogens is 274 g/mol. The van der Waals surface area contributed by atoms with Crippen LogP contribution < -0.4 is 4.74 Å². The van der Waals surface area contributed by atoms with E-state index in [2.05, 4.69) is 51.7 Å². The number of hydrogen-bond donors (Lipinski definition) is 1. The van der Waals surface area contributed by atoms with Gasteiger partial charge in [-0.15, -0.1) is 0 Å². The molecule has 1 aromatic rings. The zero-order valence-corrected chi connectivity index (χ0v) is 15.1. The van der Waals surface area contributed by atoms with Gasteiger partial charge in [0.15, 0.2) is 0 Å². The first-order chi connectivity index (χ1) is 10.3. The molecule has 0 aliphatic heterocycles. The third-order valence-corrected chi connectivity index (χ3v) is 4.16. The highest BCUT2D eigenvalue weighted by Crippen LogP contribution is 2.31. The Hall–Kier alpha value is -1.06. The highest BCUT2D eigenvalue weighted by Gasteiger charge is 2.20. The van der Waals surface area contributed by atoms with Gasteiger partial charge >= 0.3 is 0 Å². The summed E-state index contributed by atoms with van der Waals surface area (Å²) in [5.74, 6) is 0.770. The highest BCUT2D eigenvalue weighted by atomic mass is 16.5. The molecule has 1 rings (SSSR count). The van der Waals surface area contributed by atoms with Gasteiger partial charge in [-0.25, -0.2) is 0 Å². The molecule has 22 heavy (non-hydrogen) atoms. The Labute approximate surface area is 136 Å². The SMILES string of the molecule is CCCCN(CC)CC(O)c1cc(C(C)(C)C)ccc1OC. The minimum absolute atomic E-state index is 0.0629. The smallest absolute Gasteiger partial charge is 0.124 e. The van der Waals surface area contributed by atoms with E-state index < -0.39 is 6.10 Å². The predicted octanol–water partition coefficient (Wildman–Crippen LogP) is 4.15. The van der Waals surface area contributed by atoms with E-state index in [1.54, 1.807) is 7.11 Å². The first kappa shape index (κ1) is 19.0. The van der Waals surface area contributed by atoms with Gasteiger partial charge in [0.2, 0.25) is 0 Å². The maximum Gasteiger partial charge on any atom is 0.124 e. The van der Waals surface area contributed by atoms with Gasteiger partial charge < -0.3 is 14.7 Å². The van der Waals surface area contributed by atoms with Crippen molar-refractivity contribution in [1.82, 2.24) is 4.90 Å². The van der Waals surface area contributed by atoms with Crippen LogP contribution in [0.5, 0.6) is 5.75 Å². The van der Waals surface area contributed by atoms with Crippen LogP contribution in [0.2, 0.25) is 0 Å². The van der Waals surface area contributed by atoms with E-state index in [9.17, 15) is 5.11 Å². The number of likely N-dealkylation sites (N-methyl/N-ethyl adjacent to an activating group) is 1. The van der Waals surface area contributed by atoms with Crippen molar-refractivity contribution in [2.75, 3.05) is 26.7 Å². The number of ether oxygens (including phenoxy) is 1. The Bertz CT molecular complexity index is 451. The van der Waals surface area contributed by atoms with Crippen molar-refractivity contribution in [3.8, 4) is 5.75 Å². The topological polar surface area (TPSA) is 32.7 Å². The summed E-state index contributed by atoms with van der Waals surface area (Å²) >= 11 is 0. The van der Waals surface area contributed by atoms with Gasteiger partial charge in [0.25, 0.3) is 0 Å². The molecule has 0 aliphatic rings. The van der Waals surface area contributed by atoms with Gasteiger partial charge in [-0.05, 0) is 42.6 Å². The summed E-state index contributed by atoms with van der Waals surface area (Å²) < 4.78 is 5.45. The number of hydrogen-bond acceptors (Lipinski definition) is 3. The zero-order chi connectivity index (χ0) is 16.8. The van der Waals surface area contributed by atoms with Crippen LogP contribution in [0.15, 0.2) is 18.2 Å². The lowest BCUT2D eigenvalue weighted by Gasteiger charge is -2.26. The second kappa shape index (κ2) is 8.54. The van der Waals surface area contributed by atoms with Crippen molar-refractivity contribution in [3.05, 3.63) is 29.3 Å². The highest BCUT2D eigenvalue weighted by molar-refractivity contribution is 5.41. The van der Waals surface area contributed by atoms with Crippen LogP contribution >= 0.6 is 0 Å². The fourth-order valence-electron chi connectivity index (χ4n) is 2.56. The Morgan fingerprint density at radius 3 is 2.41 bits per heavy atom. The van der Waals surface area contributed by atoms with Gasteiger partial charge in [0.1, 0.15) is 5.75 Å². The van der Waals surface area contributed by atoms with E-state index in [1.807, 2.05) is 6.07 Å². The number of aliphatic hydroxyl groups is 1. The molecule has 0 radical (unpaired) electrons. The summed E-state index contributed by atoms with van der Waals surface area (Å²) in [5.41, 5.74) is 2.18. The van der Waals surface area contributed by atoms with Gasteiger partial charge in [-0.2, -0.15) is 0 Å². The molecule has 0 heterocycles. The summed E-state index contributed by atoms with van der Waals surface area (Å²) in [4.78, 5) is 2.30. The summed E-state index contributed by atoms with van der Waals surface area (Å²) in [6, 6.07) is 6.16. The quantitative estimate of drug-likeness (QED) is 0.783. The monoisotopic (exact) mass is 307 g/mol. The van der Waals surface area contributed by atoms with E-state index in [0.29, 0.717) is 6.54 Å². The molecule has 1 atom stereocenters. The average molecular weight is 307 g/mol. The van der Waals surface area contributed by atoms with Gasteiger partial charge in [0, 0.05) is 12.1 Å². The Balaban J connectivity index is 2.96. The number of methoxy groups -OCH3 is 1. The second-order valence-corrected chi connectivity index (χ2v) is 6.97. The van der Waals surface area contributed by atoms with Crippen LogP contribution in [0.4, 0.5) is 0 Å². The van der Waals surface area contributed by atoms with Crippen LogP contribution in [0.1, 0.15) is 64.7 Å². The molecule has 0 saturated carbocycles. The molecule has 1 unspecified atom stereocenters. The van der Waals surface area contributed by atoms with Gasteiger partial charge in [0.05, 0.1) is 13.2 Å². The molecule has 1 N–H and O–H groups in total. The van der Waals surface area contributed by atoms with Crippen molar-refractivity contribution in [2.24, 2.45) is 0 Å². The Morgan fingerprint density at radius 1 is 1.23 bits per heavy atom. The standard InChI is InChI=1S/C19H33NO2/c1-7-9-12-20(8-2)14-17(21)16-13-15(19(3,4)5)10-11-18(16)22-6/h10-11,13,17,21H,7-9,12,14H2,1-6H3. The molecule has 3 heteroatoms. The van der Waals surface area contributed by atoms with Crippen molar-refractivity contribution in [1.29, 1.82) is 0 Å². The first-order valence-electron chi connectivity index (χ1n) is 8.42. The van der Waals surface area contributed by atoms with Crippen molar-refractivity contribution >= 4 is 0 Å². The van der Waals surface area contributed by atoms with E-state index in [0.717, 1.165) is 24.4 Å². The summed E-state index contributed by atoms with van der Waals surface area (Å²) in [5, 5.41) is 10.7. The molecule has 1 aromatic carbocycles. The van der Waals surface area contributed by atoms with Gasteiger partial charge in [-0.3, -0.25) is 0 Å². The fraction of sp³-hybridized carbons (Fsp3) is 0.684.